The first-order valence-corrected chi connectivity index (χ1v) is 6.67. The van der Waals surface area contributed by atoms with Gasteiger partial charge in [0, 0.05) is 12.7 Å². The van der Waals surface area contributed by atoms with Gasteiger partial charge in [0.05, 0.1) is 11.4 Å². The van der Waals surface area contributed by atoms with E-state index in [0.717, 1.165) is 42.3 Å². The molecule has 102 valence electrons. The Kier molecular flexibility index (Phi) is 4.20. The fourth-order valence-electron chi connectivity index (χ4n) is 2.05. The van der Waals surface area contributed by atoms with Crippen LogP contribution in [0.25, 0.3) is 5.69 Å². The van der Waals surface area contributed by atoms with Crippen molar-refractivity contribution in [1.82, 2.24) is 9.55 Å². The second kappa shape index (κ2) is 5.87. The molecule has 3 nitrogen and oxygen atoms in total. The van der Waals surface area contributed by atoms with Gasteiger partial charge in [-0.15, -0.1) is 0 Å². The van der Waals surface area contributed by atoms with Crippen LogP contribution in [0.3, 0.4) is 0 Å². The van der Waals surface area contributed by atoms with Crippen molar-refractivity contribution < 1.29 is 4.39 Å². The summed E-state index contributed by atoms with van der Waals surface area (Å²) < 4.78 is 15.4. The largest absolute Gasteiger partial charge is 0.355 e. The van der Waals surface area contributed by atoms with Gasteiger partial charge in [0.25, 0.3) is 0 Å². The van der Waals surface area contributed by atoms with Crippen molar-refractivity contribution >= 4 is 5.95 Å². The lowest BCUT2D eigenvalue weighted by atomic mass is 10.2. The lowest BCUT2D eigenvalue weighted by Gasteiger charge is -2.10. The van der Waals surface area contributed by atoms with Crippen LogP contribution in [0.2, 0.25) is 0 Å². The van der Waals surface area contributed by atoms with Crippen LogP contribution in [0.15, 0.2) is 24.4 Å². The number of nitrogens with one attached hydrogen (secondary N) is 1. The molecule has 0 radical (unpaired) electrons. The SMILES string of the molecule is CCCCNc1nc(C)cn1-c1cc(C)cc(F)c1. The fourth-order valence-corrected chi connectivity index (χ4v) is 2.05. The van der Waals surface area contributed by atoms with Crippen LogP contribution in [-0.4, -0.2) is 16.1 Å². The standard InChI is InChI=1S/C15H20FN3/c1-4-5-6-17-15-18-12(3)10-19(15)14-8-11(2)7-13(16)9-14/h7-10H,4-6H2,1-3H3,(H,17,18). The molecular formula is C15H20FN3. The zero-order valence-corrected chi connectivity index (χ0v) is 11.7. The molecule has 2 aromatic rings. The van der Waals surface area contributed by atoms with Gasteiger partial charge < -0.3 is 5.32 Å². The normalized spacial score (nSPS) is 10.7. The molecule has 19 heavy (non-hydrogen) atoms. The third-order valence-electron chi connectivity index (χ3n) is 2.94. The van der Waals surface area contributed by atoms with Crippen molar-refractivity contribution in [2.45, 2.75) is 33.6 Å². The molecule has 0 spiro atoms. The molecule has 0 saturated heterocycles. The summed E-state index contributed by atoms with van der Waals surface area (Å²) in [6.45, 7) is 6.85. The summed E-state index contributed by atoms with van der Waals surface area (Å²) in [5, 5.41) is 3.30. The number of nitrogens with zero attached hydrogens (tertiary/aromatic N) is 2. The Morgan fingerprint density at radius 1 is 1.26 bits per heavy atom. The number of rotatable bonds is 5. The molecule has 2 rings (SSSR count). The van der Waals surface area contributed by atoms with Crippen LogP contribution in [0, 0.1) is 19.7 Å². The fraction of sp³-hybridized carbons (Fsp3) is 0.400. The topological polar surface area (TPSA) is 29.9 Å². The smallest absolute Gasteiger partial charge is 0.207 e. The summed E-state index contributed by atoms with van der Waals surface area (Å²) in [7, 11) is 0. The first-order valence-electron chi connectivity index (χ1n) is 6.67. The molecule has 0 unspecified atom stereocenters. The number of anilines is 1. The van der Waals surface area contributed by atoms with Crippen LogP contribution in [0.4, 0.5) is 10.3 Å². The van der Waals surface area contributed by atoms with Crippen molar-refractivity contribution in [3.05, 3.63) is 41.5 Å². The summed E-state index contributed by atoms with van der Waals surface area (Å²) >= 11 is 0. The molecule has 1 N–H and O–H groups in total. The predicted molar refractivity (Wildman–Crippen MR) is 76.4 cm³/mol. The number of aromatic nitrogens is 2. The van der Waals surface area contributed by atoms with Gasteiger partial charge in [-0.1, -0.05) is 13.3 Å². The number of aryl methyl sites for hydroxylation is 2. The number of hydrogen-bond donors (Lipinski definition) is 1. The van der Waals surface area contributed by atoms with Gasteiger partial charge in [-0.25, -0.2) is 9.37 Å². The Bertz CT molecular complexity index is 540. The maximum atomic E-state index is 13.5. The van der Waals surface area contributed by atoms with Gasteiger partial charge in [-0.2, -0.15) is 0 Å². The highest BCUT2D eigenvalue weighted by atomic mass is 19.1. The molecule has 0 aliphatic carbocycles. The monoisotopic (exact) mass is 261 g/mol. The Labute approximate surface area is 113 Å². The highest BCUT2D eigenvalue weighted by Gasteiger charge is 2.08. The molecule has 0 atom stereocenters. The van der Waals surface area contributed by atoms with Gasteiger partial charge in [0.15, 0.2) is 0 Å². The average Bonchev–Trinajstić information content (AvgIpc) is 2.70. The van der Waals surface area contributed by atoms with E-state index in [1.807, 2.05) is 30.7 Å². The van der Waals surface area contributed by atoms with Crippen LogP contribution in [-0.2, 0) is 0 Å². The Morgan fingerprint density at radius 3 is 2.74 bits per heavy atom. The second-order valence-electron chi connectivity index (χ2n) is 4.84. The maximum absolute atomic E-state index is 13.5. The third kappa shape index (κ3) is 3.34. The molecule has 4 heteroatoms. The van der Waals surface area contributed by atoms with E-state index >= 15 is 0 Å². The van der Waals surface area contributed by atoms with Gasteiger partial charge in [0.1, 0.15) is 5.82 Å². The van der Waals surface area contributed by atoms with Crippen molar-refractivity contribution in [1.29, 1.82) is 0 Å². The highest BCUT2D eigenvalue weighted by molar-refractivity contribution is 5.44. The third-order valence-corrected chi connectivity index (χ3v) is 2.94. The molecule has 0 aliphatic rings. The molecule has 0 fully saturated rings. The van der Waals surface area contributed by atoms with Gasteiger partial charge in [0.2, 0.25) is 5.95 Å². The first kappa shape index (κ1) is 13.6. The van der Waals surface area contributed by atoms with Crippen molar-refractivity contribution in [3.8, 4) is 5.69 Å². The van der Waals surface area contributed by atoms with Gasteiger partial charge in [-0.05, 0) is 44.0 Å². The number of halogens is 1. The van der Waals surface area contributed by atoms with E-state index in [4.69, 9.17) is 0 Å². The summed E-state index contributed by atoms with van der Waals surface area (Å²) in [5.74, 6) is 0.553. The van der Waals surface area contributed by atoms with E-state index < -0.39 is 0 Å². The van der Waals surface area contributed by atoms with Crippen LogP contribution >= 0.6 is 0 Å². The molecule has 1 heterocycles. The molecule has 0 bridgehead atoms. The van der Waals surface area contributed by atoms with Crippen LogP contribution in [0.1, 0.15) is 31.0 Å². The molecule has 0 aliphatic heterocycles. The zero-order chi connectivity index (χ0) is 13.8. The molecule has 1 aromatic heterocycles. The van der Waals surface area contributed by atoms with E-state index in [9.17, 15) is 4.39 Å². The van der Waals surface area contributed by atoms with Crippen LogP contribution < -0.4 is 5.32 Å². The number of unbranched alkanes of at least 4 members (excludes halogenated alkanes) is 1. The van der Waals surface area contributed by atoms with E-state index in [1.54, 1.807) is 0 Å². The minimum absolute atomic E-state index is 0.221. The summed E-state index contributed by atoms with van der Waals surface area (Å²) in [6, 6.07) is 5.01. The first-order chi connectivity index (χ1) is 9.10. The maximum Gasteiger partial charge on any atom is 0.207 e. The number of hydrogen-bond acceptors (Lipinski definition) is 2. The quantitative estimate of drug-likeness (QED) is 0.829. The molecule has 1 aromatic carbocycles. The average molecular weight is 261 g/mol. The second-order valence-corrected chi connectivity index (χ2v) is 4.84. The summed E-state index contributed by atoms with van der Waals surface area (Å²) in [6.07, 6.45) is 4.14. The minimum Gasteiger partial charge on any atom is -0.355 e. The number of benzene rings is 1. The Balaban J connectivity index is 2.32. The van der Waals surface area contributed by atoms with Crippen molar-refractivity contribution in [2.75, 3.05) is 11.9 Å². The van der Waals surface area contributed by atoms with Gasteiger partial charge >= 0.3 is 0 Å². The van der Waals surface area contributed by atoms with Gasteiger partial charge in [-0.3, -0.25) is 4.57 Å². The van der Waals surface area contributed by atoms with Crippen molar-refractivity contribution in [3.63, 3.8) is 0 Å². The van der Waals surface area contributed by atoms with E-state index in [-0.39, 0.29) is 5.82 Å². The zero-order valence-electron chi connectivity index (χ0n) is 11.7. The molecule has 0 saturated carbocycles. The van der Waals surface area contributed by atoms with E-state index in [0.29, 0.717) is 0 Å². The Hall–Kier alpha value is -1.84. The number of imidazole rings is 1. The van der Waals surface area contributed by atoms with Crippen LogP contribution in [0.5, 0.6) is 0 Å². The Morgan fingerprint density at radius 2 is 2.05 bits per heavy atom. The summed E-state index contributed by atoms with van der Waals surface area (Å²) in [5.41, 5.74) is 2.62. The van der Waals surface area contributed by atoms with E-state index in [2.05, 4.69) is 17.2 Å². The molecule has 0 amide bonds. The van der Waals surface area contributed by atoms with Crippen molar-refractivity contribution in [2.24, 2.45) is 0 Å². The minimum atomic E-state index is -0.221. The summed E-state index contributed by atoms with van der Waals surface area (Å²) in [4.78, 5) is 4.45. The highest BCUT2D eigenvalue weighted by Crippen LogP contribution is 2.19. The predicted octanol–water partition coefficient (Wildman–Crippen LogP) is 3.84. The lowest BCUT2D eigenvalue weighted by Crippen LogP contribution is -2.07. The van der Waals surface area contributed by atoms with E-state index in [1.165, 1.54) is 12.1 Å². The molecular weight excluding hydrogens is 241 g/mol. The lowest BCUT2D eigenvalue weighted by molar-refractivity contribution is 0.625.